The van der Waals surface area contributed by atoms with Gasteiger partial charge in [0.25, 0.3) is 0 Å². The number of unbranched alkanes of at least 4 members (excludes halogenated alkanes) is 1. The highest BCUT2D eigenvalue weighted by molar-refractivity contribution is 5.47. The first kappa shape index (κ1) is 22.5. The zero-order valence-corrected chi connectivity index (χ0v) is 18.1. The summed E-state index contributed by atoms with van der Waals surface area (Å²) in [4.78, 5) is 0. The summed E-state index contributed by atoms with van der Waals surface area (Å²) in [6.07, 6.45) is 4.26. The number of rotatable bonds is 7. The molecule has 0 spiro atoms. The average molecular weight is 445 g/mol. The number of benzene rings is 1. The lowest BCUT2D eigenvalue weighted by Crippen LogP contribution is -2.38. The second kappa shape index (κ2) is 9.07. The number of hydrogen-bond acceptors (Lipinski definition) is 3. The third-order valence-corrected chi connectivity index (χ3v) is 7.40. The molecule has 0 N–H and O–H groups in total. The van der Waals surface area contributed by atoms with Crippen molar-refractivity contribution in [2.75, 3.05) is 0 Å². The molecule has 2 saturated carbocycles. The number of ether oxygens (including phenoxy) is 3. The highest BCUT2D eigenvalue weighted by Crippen LogP contribution is 2.47. The molecule has 3 aliphatic rings. The third-order valence-electron chi connectivity index (χ3n) is 7.40. The van der Waals surface area contributed by atoms with E-state index in [4.69, 9.17) is 4.74 Å². The normalized spacial score (nSPS) is 30.2. The van der Waals surface area contributed by atoms with E-state index in [1.165, 1.54) is 51.0 Å². The van der Waals surface area contributed by atoms with Crippen molar-refractivity contribution >= 4 is 0 Å². The molecule has 7 heteroatoms. The van der Waals surface area contributed by atoms with Gasteiger partial charge in [-0.25, -0.2) is 0 Å². The van der Waals surface area contributed by atoms with E-state index in [1.54, 1.807) is 0 Å². The smallest absolute Gasteiger partial charge is 0.432 e. The molecule has 2 fully saturated rings. The minimum absolute atomic E-state index is 0.189. The number of hydrogen-bond donors (Lipinski definition) is 0. The molecule has 1 aromatic carbocycles. The van der Waals surface area contributed by atoms with Gasteiger partial charge in [-0.05, 0) is 68.4 Å². The fraction of sp³-hybridized carbons (Fsp3) is 0.750. The molecular formula is C24H32F4O3. The van der Waals surface area contributed by atoms with Gasteiger partial charge in [0, 0.05) is 6.07 Å². The van der Waals surface area contributed by atoms with Crippen LogP contribution in [0.5, 0.6) is 17.2 Å². The van der Waals surface area contributed by atoms with Crippen molar-refractivity contribution in [2.45, 2.75) is 90.0 Å². The SMILES string of the molecule is CCCCC1CCC(C2CCC(C(F)(F)Oc3ccc4c(c3)OC(F)(F)O4)CC2)CC1. The Morgan fingerprint density at radius 1 is 0.935 bits per heavy atom. The Labute approximate surface area is 181 Å². The summed E-state index contributed by atoms with van der Waals surface area (Å²) >= 11 is 0. The molecule has 1 heterocycles. The van der Waals surface area contributed by atoms with Crippen molar-refractivity contribution in [3.05, 3.63) is 18.2 Å². The van der Waals surface area contributed by atoms with Crippen molar-refractivity contribution in [1.29, 1.82) is 0 Å². The summed E-state index contributed by atoms with van der Waals surface area (Å²) in [6.45, 7) is 2.23. The van der Waals surface area contributed by atoms with E-state index in [0.717, 1.165) is 30.9 Å². The number of halogens is 4. The van der Waals surface area contributed by atoms with Crippen LogP contribution in [0.15, 0.2) is 18.2 Å². The van der Waals surface area contributed by atoms with Gasteiger partial charge in [0.15, 0.2) is 11.5 Å². The topological polar surface area (TPSA) is 27.7 Å². The van der Waals surface area contributed by atoms with Crippen LogP contribution in [-0.2, 0) is 0 Å². The minimum Gasteiger partial charge on any atom is -0.432 e. The Hall–Kier alpha value is -1.66. The van der Waals surface area contributed by atoms with Crippen molar-refractivity contribution in [3.63, 3.8) is 0 Å². The monoisotopic (exact) mass is 444 g/mol. The molecule has 174 valence electrons. The van der Waals surface area contributed by atoms with Gasteiger partial charge < -0.3 is 14.2 Å². The fourth-order valence-electron chi connectivity index (χ4n) is 5.60. The molecule has 0 amide bonds. The third kappa shape index (κ3) is 5.40. The summed E-state index contributed by atoms with van der Waals surface area (Å²) < 4.78 is 69.4. The van der Waals surface area contributed by atoms with Crippen LogP contribution < -0.4 is 14.2 Å². The second-order valence-electron chi connectivity index (χ2n) is 9.47. The van der Waals surface area contributed by atoms with E-state index < -0.39 is 18.3 Å². The van der Waals surface area contributed by atoms with E-state index in [9.17, 15) is 17.6 Å². The van der Waals surface area contributed by atoms with Crippen LogP contribution in [0.1, 0.15) is 77.6 Å². The zero-order chi connectivity index (χ0) is 22.1. The van der Waals surface area contributed by atoms with Crippen molar-refractivity contribution in [1.82, 2.24) is 0 Å². The van der Waals surface area contributed by atoms with Gasteiger partial charge in [-0.3, -0.25) is 0 Å². The first-order chi connectivity index (χ1) is 14.8. The van der Waals surface area contributed by atoms with E-state index in [2.05, 4.69) is 16.4 Å². The predicted molar refractivity (Wildman–Crippen MR) is 109 cm³/mol. The van der Waals surface area contributed by atoms with Gasteiger partial charge in [0.2, 0.25) is 0 Å². The maximum absolute atomic E-state index is 14.8. The van der Waals surface area contributed by atoms with Crippen LogP contribution >= 0.6 is 0 Å². The first-order valence-corrected chi connectivity index (χ1v) is 11.7. The summed E-state index contributed by atoms with van der Waals surface area (Å²) in [5, 5.41) is 0. The molecule has 0 unspecified atom stereocenters. The lowest BCUT2D eigenvalue weighted by Gasteiger charge is -2.39. The molecule has 0 saturated heterocycles. The summed E-state index contributed by atoms with van der Waals surface area (Å²) in [5.74, 6) is 0.513. The molecule has 0 atom stereocenters. The first-order valence-electron chi connectivity index (χ1n) is 11.7. The van der Waals surface area contributed by atoms with Crippen molar-refractivity contribution in [3.8, 4) is 17.2 Å². The summed E-state index contributed by atoms with van der Waals surface area (Å²) in [6, 6.07) is 3.41. The molecule has 0 bridgehead atoms. The van der Waals surface area contributed by atoms with Crippen molar-refractivity contribution < 1.29 is 31.8 Å². The molecule has 2 aliphatic carbocycles. The minimum atomic E-state index is -3.78. The largest absolute Gasteiger partial charge is 0.586 e. The Morgan fingerprint density at radius 2 is 1.55 bits per heavy atom. The average Bonchev–Trinajstić information content (AvgIpc) is 3.05. The van der Waals surface area contributed by atoms with E-state index in [-0.39, 0.29) is 17.2 Å². The maximum Gasteiger partial charge on any atom is 0.586 e. The Bertz CT molecular complexity index is 738. The van der Waals surface area contributed by atoms with Gasteiger partial charge in [0.05, 0.1) is 5.92 Å². The molecule has 0 radical (unpaired) electrons. The van der Waals surface area contributed by atoms with E-state index in [1.807, 2.05) is 0 Å². The van der Waals surface area contributed by atoms with Crippen molar-refractivity contribution in [2.24, 2.45) is 23.7 Å². The molecule has 4 rings (SSSR count). The van der Waals surface area contributed by atoms with Crippen LogP contribution in [0.3, 0.4) is 0 Å². The zero-order valence-electron chi connectivity index (χ0n) is 18.1. The molecule has 1 aliphatic heterocycles. The highest BCUT2D eigenvalue weighted by atomic mass is 19.3. The molecule has 1 aromatic rings. The van der Waals surface area contributed by atoms with Gasteiger partial charge >= 0.3 is 12.4 Å². The lowest BCUT2D eigenvalue weighted by molar-refractivity contribution is -0.286. The van der Waals surface area contributed by atoms with Gasteiger partial charge in [-0.1, -0.05) is 39.0 Å². The molecule has 0 aromatic heterocycles. The summed E-state index contributed by atoms with van der Waals surface area (Å²) in [7, 11) is 0. The number of alkyl halides is 4. The van der Waals surface area contributed by atoms with Crippen LogP contribution in [0.2, 0.25) is 0 Å². The lowest BCUT2D eigenvalue weighted by atomic mass is 9.68. The highest BCUT2D eigenvalue weighted by Gasteiger charge is 2.46. The second-order valence-corrected chi connectivity index (χ2v) is 9.47. The fourth-order valence-corrected chi connectivity index (χ4v) is 5.60. The Balaban J connectivity index is 1.27. The van der Waals surface area contributed by atoms with Crippen LogP contribution in [0.25, 0.3) is 0 Å². The standard InChI is InChI=1S/C24H32F4O3/c1-2-3-4-16-5-7-17(8-6-16)18-9-11-19(12-10-18)23(25,26)29-20-13-14-21-22(15-20)31-24(27,28)30-21/h13-19H,2-12H2,1H3. The Morgan fingerprint density at radius 3 is 2.19 bits per heavy atom. The maximum atomic E-state index is 14.8. The van der Waals surface area contributed by atoms with Gasteiger partial charge in [-0.15, -0.1) is 8.78 Å². The quantitative estimate of drug-likeness (QED) is 0.402. The van der Waals surface area contributed by atoms with Gasteiger partial charge in [0.1, 0.15) is 5.75 Å². The summed E-state index contributed by atoms with van der Waals surface area (Å²) in [5.41, 5.74) is 0. The van der Waals surface area contributed by atoms with E-state index >= 15 is 0 Å². The predicted octanol–water partition coefficient (Wildman–Crippen LogP) is 7.78. The van der Waals surface area contributed by atoms with Crippen LogP contribution in [0.4, 0.5) is 17.6 Å². The number of fused-ring (bicyclic) bond motifs is 1. The molecule has 3 nitrogen and oxygen atoms in total. The van der Waals surface area contributed by atoms with Crippen LogP contribution in [-0.4, -0.2) is 12.4 Å². The van der Waals surface area contributed by atoms with Crippen LogP contribution in [0, 0.1) is 23.7 Å². The molecule has 31 heavy (non-hydrogen) atoms. The van der Waals surface area contributed by atoms with Gasteiger partial charge in [-0.2, -0.15) is 8.78 Å². The Kier molecular flexibility index (Phi) is 6.59. The van der Waals surface area contributed by atoms with E-state index in [0.29, 0.717) is 24.7 Å². The molecular weight excluding hydrogens is 412 g/mol.